The lowest BCUT2D eigenvalue weighted by Gasteiger charge is -2.03. The number of ketones is 1. The lowest BCUT2D eigenvalue weighted by Crippen LogP contribution is -2.13. The Morgan fingerprint density at radius 3 is 2.72 bits per heavy atom. The van der Waals surface area contributed by atoms with Gasteiger partial charge in [0.1, 0.15) is 0 Å². The third-order valence-electron chi connectivity index (χ3n) is 4.42. The molecule has 8 heteroatoms. The maximum atomic E-state index is 12.2. The molecule has 0 fully saturated rings. The molecule has 2 N–H and O–H groups in total. The van der Waals surface area contributed by atoms with E-state index in [4.69, 9.17) is 4.42 Å². The summed E-state index contributed by atoms with van der Waals surface area (Å²) in [7, 11) is 0. The first kappa shape index (κ1) is 18.8. The zero-order valence-corrected chi connectivity index (χ0v) is 16.3. The number of fused-ring (bicyclic) bond motifs is 1. The van der Waals surface area contributed by atoms with Crippen LogP contribution in [0.2, 0.25) is 0 Å². The van der Waals surface area contributed by atoms with Crippen LogP contribution in [-0.2, 0) is 4.79 Å². The average molecular weight is 407 g/mol. The van der Waals surface area contributed by atoms with Crippen LogP contribution in [0.3, 0.4) is 0 Å². The maximum Gasteiger partial charge on any atom is 0.417 e. The summed E-state index contributed by atoms with van der Waals surface area (Å²) in [4.78, 5) is 42.6. The van der Waals surface area contributed by atoms with Crippen molar-refractivity contribution in [2.45, 2.75) is 19.8 Å². The van der Waals surface area contributed by atoms with Crippen molar-refractivity contribution >= 4 is 39.3 Å². The van der Waals surface area contributed by atoms with Crippen molar-refractivity contribution in [3.63, 3.8) is 0 Å². The van der Waals surface area contributed by atoms with E-state index in [9.17, 15) is 14.4 Å². The van der Waals surface area contributed by atoms with E-state index in [1.165, 1.54) is 11.3 Å². The molecule has 0 aliphatic carbocycles. The molecule has 0 saturated heterocycles. The molecule has 2 aromatic heterocycles. The number of aromatic amines is 1. The molecule has 29 heavy (non-hydrogen) atoms. The maximum absolute atomic E-state index is 12.2. The smallest absolute Gasteiger partial charge is 0.408 e. The molecule has 1 amide bonds. The number of H-pyrrole nitrogens is 1. The molecule has 2 heterocycles. The van der Waals surface area contributed by atoms with Gasteiger partial charge in [-0.1, -0.05) is 35.9 Å². The molecule has 0 aliphatic heterocycles. The van der Waals surface area contributed by atoms with E-state index >= 15 is 0 Å². The Morgan fingerprint density at radius 1 is 1.14 bits per heavy atom. The van der Waals surface area contributed by atoms with Gasteiger partial charge in [0.25, 0.3) is 0 Å². The standard InChI is InChI=1S/C21H17N3O4S/c1-12-2-4-13(5-3-12)17(25)8-9-19(26)24-20-22-16(11-29-20)14-6-7-15-18(10-14)28-21(27)23-15/h2-7,10-11H,8-9H2,1H3,(H,23,27)(H,22,24,26). The fraction of sp³-hybridized carbons (Fsp3) is 0.143. The van der Waals surface area contributed by atoms with E-state index in [2.05, 4.69) is 15.3 Å². The number of aryl methyl sites for hydroxylation is 1. The van der Waals surface area contributed by atoms with Crippen LogP contribution in [0.15, 0.2) is 57.1 Å². The van der Waals surface area contributed by atoms with Gasteiger partial charge in [0, 0.05) is 29.3 Å². The minimum Gasteiger partial charge on any atom is -0.408 e. The second-order valence-electron chi connectivity index (χ2n) is 6.60. The van der Waals surface area contributed by atoms with Crippen molar-refractivity contribution < 1.29 is 14.0 Å². The van der Waals surface area contributed by atoms with E-state index in [0.29, 0.717) is 27.5 Å². The van der Waals surface area contributed by atoms with Gasteiger partial charge in [-0.25, -0.2) is 9.78 Å². The Bertz CT molecular complexity index is 1250. The Hall–Kier alpha value is -3.52. The average Bonchev–Trinajstić information content (AvgIpc) is 3.31. The van der Waals surface area contributed by atoms with Gasteiger partial charge in [-0.2, -0.15) is 0 Å². The summed E-state index contributed by atoms with van der Waals surface area (Å²) in [6, 6.07) is 12.6. The number of hydrogen-bond acceptors (Lipinski definition) is 6. The lowest BCUT2D eigenvalue weighted by atomic mass is 10.1. The number of aromatic nitrogens is 2. The van der Waals surface area contributed by atoms with Crippen LogP contribution in [0.4, 0.5) is 5.13 Å². The lowest BCUT2D eigenvalue weighted by molar-refractivity contribution is -0.116. The van der Waals surface area contributed by atoms with Crippen molar-refractivity contribution in [2.24, 2.45) is 0 Å². The Morgan fingerprint density at radius 2 is 1.93 bits per heavy atom. The number of carbonyl (C=O) groups excluding carboxylic acids is 2. The highest BCUT2D eigenvalue weighted by Crippen LogP contribution is 2.27. The molecular formula is C21H17N3O4S. The number of carbonyl (C=O) groups is 2. The van der Waals surface area contributed by atoms with Crippen molar-refractivity contribution in [3.8, 4) is 11.3 Å². The number of Topliss-reactive ketones (excluding diaryl/α,β-unsaturated/α-hetero) is 1. The van der Waals surface area contributed by atoms with Gasteiger partial charge in [0.15, 0.2) is 16.5 Å². The van der Waals surface area contributed by atoms with Gasteiger partial charge in [0.05, 0.1) is 11.2 Å². The van der Waals surface area contributed by atoms with Crippen LogP contribution in [0.25, 0.3) is 22.4 Å². The minimum atomic E-state index is -0.511. The first-order chi connectivity index (χ1) is 14.0. The molecule has 0 atom stereocenters. The van der Waals surface area contributed by atoms with Crippen LogP contribution >= 0.6 is 11.3 Å². The molecule has 4 aromatic rings. The number of rotatable bonds is 6. The summed E-state index contributed by atoms with van der Waals surface area (Å²) in [5.41, 5.74) is 4.17. The van der Waals surface area contributed by atoms with Crippen molar-refractivity contribution in [1.29, 1.82) is 0 Å². The molecule has 0 saturated carbocycles. The fourth-order valence-corrected chi connectivity index (χ4v) is 3.60. The van der Waals surface area contributed by atoms with E-state index in [-0.39, 0.29) is 24.5 Å². The number of thiazole rings is 1. The zero-order chi connectivity index (χ0) is 20.4. The van der Waals surface area contributed by atoms with Crippen LogP contribution < -0.4 is 11.1 Å². The normalized spacial score (nSPS) is 10.9. The first-order valence-electron chi connectivity index (χ1n) is 8.96. The second kappa shape index (κ2) is 7.84. The summed E-state index contributed by atoms with van der Waals surface area (Å²) < 4.78 is 5.06. The fourth-order valence-electron chi connectivity index (χ4n) is 2.86. The Labute approximate surface area is 169 Å². The van der Waals surface area contributed by atoms with Crippen molar-refractivity contribution in [2.75, 3.05) is 5.32 Å². The third-order valence-corrected chi connectivity index (χ3v) is 5.18. The molecule has 0 bridgehead atoms. The monoisotopic (exact) mass is 407 g/mol. The molecule has 0 aliphatic rings. The second-order valence-corrected chi connectivity index (χ2v) is 7.46. The molecular weight excluding hydrogens is 390 g/mol. The first-order valence-corrected chi connectivity index (χ1v) is 9.84. The molecule has 0 radical (unpaired) electrons. The summed E-state index contributed by atoms with van der Waals surface area (Å²) in [6.45, 7) is 1.95. The summed E-state index contributed by atoms with van der Waals surface area (Å²) in [5, 5.41) is 4.98. The molecule has 4 rings (SSSR count). The minimum absolute atomic E-state index is 0.0683. The van der Waals surface area contributed by atoms with E-state index in [0.717, 1.165) is 11.1 Å². The quantitative estimate of drug-likeness (QED) is 0.467. The van der Waals surface area contributed by atoms with Crippen molar-refractivity contribution in [1.82, 2.24) is 9.97 Å². The highest BCUT2D eigenvalue weighted by molar-refractivity contribution is 7.14. The number of nitrogens with zero attached hydrogens (tertiary/aromatic N) is 1. The van der Waals surface area contributed by atoms with E-state index < -0.39 is 5.76 Å². The molecule has 0 spiro atoms. The van der Waals surface area contributed by atoms with Crippen LogP contribution in [-0.4, -0.2) is 21.7 Å². The van der Waals surface area contributed by atoms with E-state index in [1.54, 1.807) is 29.6 Å². The zero-order valence-electron chi connectivity index (χ0n) is 15.5. The van der Waals surface area contributed by atoms with E-state index in [1.807, 2.05) is 25.1 Å². The van der Waals surface area contributed by atoms with Gasteiger partial charge in [0.2, 0.25) is 5.91 Å². The predicted molar refractivity (Wildman–Crippen MR) is 111 cm³/mol. The summed E-state index contributed by atoms with van der Waals surface area (Å²) in [5.74, 6) is -0.844. The van der Waals surface area contributed by atoms with Crippen LogP contribution in [0.5, 0.6) is 0 Å². The number of hydrogen-bond donors (Lipinski definition) is 2. The summed E-state index contributed by atoms with van der Waals surface area (Å²) >= 11 is 1.29. The molecule has 2 aromatic carbocycles. The third kappa shape index (κ3) is 4.33. The van der Waals surface area contributed by atoms with Crippen LogP contribution in [0.1, 0.15) is 28.8 Å². The number of benzene rings is 2. The Balaban J connectivity index is 1.37. The van der Waals surface area contributed by atoms with Gasteiger partial charge in [-0.15, -0.1) is 11.3 Å². The number of amides is 1. The largest absolute Gasteiger partial charge is 0.417 e. The topological polar surface area (TPSA) is 105 Å². The van der Waals surface area contributed by atoms with Crippen molar-refractivity contribution in [3.05, 3.63) is 69.5 Å². The molecule has 146 valence electrons. The SMILES string of the molecule is Cc1ccc(C(=O)CCC(=O)Nc2nc(-c3ccc4[nH]c(=O)oc4c3)cs2)cc1. The molecule has 7 nitrogen and oxygen atoms in total. The van der Waals surface area contributed by atoms with Gasteiger partial charge in [-0.05, 0) is 19.1 Å². The number of nitrogens with one attached hydrogen (secondary N) is 2. The predicted octanol–water partition coefficient (Wildman–Crippen LogP) is 4.15. The van der Waals surface area contributed by atoms with Gasteiger partial charge < -0.3 is 9.73 Å². The number of anilines is 1. The number of oxazole rings is 1. The highest BCUT2D eigenvalue weighted by atomic mass is 32.1. The Kier molecular flexibility index (Phi) is 5.09. The summed E-state index contributed by atoms with van der Waals surface area (Å²) in [6.07, 6.45) is 0.221. The van der Waals surface area contributed by atoms with Gasteiger partial charge >= 0.3 is 5.76 Å². The highest BCUT2D eigenvalue weighted by Gasteiger charge is 2.12. The van der Waals surface area contributed by atoms with Crippen LogP contribution in [0, 0.1) is 6.92 Å². The van der Waals surface area contributed by atoms with Gasteiger partial charge in [-0.3, -0.25) is 14.6 Å². The molecule has 0 unspecified atom stereocenters.